The van der Waals surface area contributed by atoms with E-state index in [4.69, 9.17) is 4.42 Å². The Bertz CT molecular complexity index is 899. The third kappa shape index (κ3) is 3.92. The Kier molecular flexibility index (Phi) is 5.33. The van der Waals surface area contributed by atoms with Crippen LogP contribution in [0.4, 0.5) is 0 Å². The van der Waals surface area contributed by atoms with Gasteiger partial charge in [0.1, 0.15) is 5.76 Å². The number of fused-ring (bicyclic) bond motifs is 1. The molecule has 0 aliphatic heterocycles. The molecule has 8 heteroatoms. The number of rotatable bonds is 7. The van der Waals surface area contributed by atoms with Crippen molar-refractivity contribution in [2.24, 2.45) is 0 Å². The van der Waals surface area contributed by atoms with E-state index >= 15 is 0 Å². The van der Waals surface area contributed by atoms with Crippen LogP contribution in [-0.4, -0.2) is 53.3 Å². The Labute approximate surface area is 150 Å². The Morgan fingerprint density at radius 1 is 1.15 bits per heavy atom. The van der Waals surface area contributed by atoms with Crippen LogP contribution in [0.3, 0.4) is 0 Å². The average Bonchev–Trinajstić information content (AvgIpc) is 3.27. The topological polar surface area (TPSA) is 91.9 Å². The first-order valence-corrected chi connectivity index (χ1v) is 8.27. The predicted molar refractivity (Wildman–Crippen MR) is 96.0 cm³/mol. The molecule has 0 spiro atoms. The first-order chi connectivity index (χ1) is 12.6. The summed E-state index contributed by atoms with van der Waals surface area (Å²) >= 11 is 0. The molecule has 0 aliphatic rings. The second-order valence-electron chi connectivity index (χ2n) is 6.06. The molecule has 0 aliphatic carbocycles. The van der Waals surface area contributed by atoms with Gasteiger partial charge in [-0.05, 0) is 38.4 Å². The van der Waals surface area contributed by atoms with E-state index in [1.165, 1.54) is 0 Å². The van der Waals surface area contributed by atoms with Crippen LogP contribution in [0.25, 0.3) is 5.52 Å². The van der Waals surface area contributed by atoms with Gasteiger partial charge in [0.05, 0.1) is 18.3 Å². The zero-order chi connectivity index (χ0) is 18.5. The molecule has 26 heavy (non-hydrogen) atoms. The molecule has 3 rings (SSSR count). The highest BCUT2D eigenvalue weighted by atomic mass is 16.3. The number of pyridine rings is 1. The van der Waals surface area contributed by atoms with E-state index < -0.39 is 0 Å². The van der Waals surface area contributed by atoms with Crippen LogP contribution < -0.4 is 10.6 Å². The van der Waals surface area contributed by atoms with Gasteiger partial charge in [0.2, 0.25) is 5.82 Å². The lowest BCUT2D eigenvalue weighted by atomic mass is 10.3. The Balaban J connectivity index is 1.80. The molecule has 0 radical (unpaired) electrons. The van der Waals surface area contributed by atoms with Crippen molar-refractivity contribution >= 4 is 17.3 Å². The van der Waals surface area contributed by atoms with E-state index in [1.807, 2.05) is 19.0 Å². The van der Waals surface area contributed by atoms with E-state index in [-0.39, 0.29) is 29.9 Å². The molecular weight excluding hydrogens is 334 g/mol. The molecule has 0 atom stereocenters. The van der Waals surface area contributed by atoms with Crippen molar-refractivity contribution in [3.05, 3.63) is 60.1 Å². The summed E-state index contributed by atoms with van der Waals surface area (Å²) in [6.07, 6.45) is 3.26. The quantitative estimate of drug-likeness (QED) is 0.663. The van der Waals surface area contributed by atoms with Crippen LogP contribution in [-0.2, 0) is 6.54 Å². The van der Waals surface area contributed by atoms with Gasteiger partial charge >= 0.3 is 0 Å². The lowest BCUT2D eigenvalue weighted by Crippen LogP contribution is -2.32. The van der Waals surface area contributed by atoms with E-state index in [0.29, 0.717) is 24.4 Å². The van der Waals surface area contributed by atoms with E-state index in [9.17, 15) is 9.59 Å². The van der Waals surface area contributed by atoms with Gasteiger partial charge in [-0.15, -0.1) is 0 Å². The van der Waals surface area contributed by atoms with Gasteiger partial charge in [0.25, 0.3) is 11.8 Å². The molecular formula is C18H21N5O3. The van der Waals surface area contributed by atoms with Crippen molar-refractivity contribution in [1.82, 2.24) is 24.9 Å². The van der Waals surface area contributed by atoms with Crippen molar-refractivity contribution in [3.8, 4) is 0 Å². The first-order valence-electron chi connectivity index (χ1n) is 8.27. The highest BCUT2D eigenvalue weighted by molar-refractivity contribution is 6.02. The summed E-state index contributed by atoms with van der Waals surface area (Å²) in [7, 11) is 3.86. The highest BCUT2D eigenvalue weighted by Gasteiger charge is 2.21. The third-order valence-corrected chi connectivity index (χ3v) is 3.81. The molecule has 0 aromatic carbocycles. The summed E-state index contributed by atoms with van der Waals surface area (Å²) in [6, 6.07) is 8.87. The summed E-state index contributed by atoms with van der Waals surface area (Å²) in [4.78, 5) is 31.2. The maximum atomic E-state index is 12.5. The third-order valence-electron chi connectivity index (χ3n) is 3.81. The number of amides is 2. The molecule has 0 bridgehead atoms. The van der Waals surface area contributed by atoms with Crippen LogP contribution in [0.5, 0.6) is 0 Å². The van der Waals surface area contributed by atoms with Crippen molar-refractivity contribution in [1.29, 1.82) is 0 Å². The van der Waals surface area contributed by atoms with Gasteiger partial charge in [0.15, 0.2) is 5.69 Å². The SMILES string of the molecule is CN(C)CCNC(=O)c1nc(C(=O)NCc2ccco2)c2ccccn12. The summed E-state index contributed by atoms with van der Waals surface area (Å²) in [5, 5.41) is 5.58. The lowest BCUT2D eigenvalue weighted by molar-refractivity contribution is 0.0939. The van der Waals surface area contributed by atoms with Gasteiger partial charge in [-0.3, -0.25) is 14.0 Å². The van der Waals surface area contributed by atoms with Crippen LogP contribution in [0.15, 0.2) is 47.2 Å². The molecule has 0 fully saturated rings. The van der Waals surface area contributed by atoms with Gasteiger partial charge in [0, 0.05) is 19.3 Å². The first kappa shape index (κ1) is 17.7. The fourth-order valence-electron chi connectivity index (χ4n) is 2.50. The Morgan fingerprint density at radius 3 is 2.73 bits per heavy atom. The van der Waals surface area contributed by atoms with E-state index in [2.05, 4.69) is 15.6 Å². The number of carbonyl (C=O) groups excluding carboxylic acids is 2. The van der Waals surface area contributed by atoms with Gasteiger partial charge in [-0.1, -0.05) is 6.07 Å². The van der Waals surface area contributed by atoms with Crippen molar-refractivity contribution in [2.75, 3.05) is 27.2 Å². The van der Waals surface area contributed by atoms with Gasteiger partial charge in [-0.2, -0.15) is 0 Å². The van der Waals surface area contributed by atoms with Gasteiger partial charge < -0.3 is 20.0 Å². The predicted octanol–water partition coefficient (Wildman–Crippen LogP) is 1.15. The van der Waals surface area contributed by atoms with Crippen molar-refractivity contribution in [2.45, 2.75) is 6.54 Å². The largest absolute Gasteiger partial charge is 0.467 e. The number of hydrogen-bond donors (Lipinski definition) is 2. The number of hydrogen-bond acceptors (Lipinski definition) is 5. The summed E-state index contributed by atoms with van der Waals surface area (Å²) in [5.74, 6) is 0.140. The zero-order valence-corrected chi connectivity index (χ0v) is 14.7. The summed E-state index contributed by atoms with van der Waals surface area (Å²) in [6.45, 7) is 1.46. The number of imidazole rings is 1. The standard InChI is InChI=1S/C18H21N5O3/c1-22(2)10-8-19-18(25)16-21-15(14-7-3-4-9-23(14)16)17(24)20-12-13-6-5-11-26-13/h3-7,9,11H,8,10,12H2,1-2H3,(H,19,25)(H,20,24). The minimum atomic E-state index is -0.363. The van der Waals surface area contributed by atoms with Crippen molar-refractivity contribution < 1.29 is 14.0 Å². The molecule has 2 amide bonds. The molecule has 8 nitrogen and oxygen atoms in total. The molecule has 3 heterocycles. The molecule has 136 valence electrons. The highest BCUT2D eigenvalue weighted by Crippen LogP contribution is 2.13. The fraction of sp³-hybridized carbons (Fsp3) is 0.278. The number of nitrogens with one attached hydrogen (secondary N) is 2. The molecule has 2 N–H and O–H groups in total. The van der Waals surface area contributed by atoms with Crippen LogP contribution in [0, 0.1) is 0 Å². The number of aromatic nitrogens is 2. The maximum Gasteiger partial charge on any atom is 0.287 e. The monoisotopic (exact) mass is 355 g/mol. The number of carbonyl (C=O) groups is 2. The van der Waals surface area contributed by atoms with Gasteiger partial charge in [-0.25, -0.2) is 4.98 Å². The zero-order valence-electron chi connectivity index (χ0n) is 14.7. The molecule has 3 aromatic rings. The average molecular weight is 355 g/mol. The minimum absolute atomic E-state index is 0.183. The molecule has 3 aromatic heterocycles. The second kappa shape index (κ2) is 7.83. The fourth-order valence-corrected chi connectivity index (χ4v) is 2.50. The summed E-state index contributed by atoms with van der Waals surface area (Å²) in [5.41, 5.74) is 0.775. The van der Waals surface area contributed by atoms with E-state index in [1.54, 1.807) is 47.2 Å². The maximum absolute atomic E-state index is 12.5. The molecule has 0 saturated heterocycles. The summed E-state index contributed by atoms with van der Waals surface area (Å²) < 4.78 is 6.82. The second-order valence-corrected chi connectivity index (χ2v) is 6.06. The number of furan rings is 1. The van der Waals surface area contributed by atoms with Crippen LogP contribution in [0.2, 0.25) is 0 Å². The molecule has 0 unspecified atom stereocenters. The molecule has 0 saturated carbocycles. The number of nitrogens with zero attached hydrogens (tertiary/aromatic N) is 3. The van der Waals surface area contributed by atoms with Crippen LogP contribution >= 0.6 is 0 Å². The lowest BCUT2D eigenvalue weighted by Gasteiger charge is -2.09. The Hall–Kier alpha value is -3.13. The smallest absolute Gasteiger partial charge is 0.287 e. The Morgan fingerprint density at radius 2 is 2.00 bits per heavy atom. The van der Waals surface area contributed by atoms with Crippen molar-refractivity contribution in [3.63, 3.8) is 0 Å². The van der Waals surface area contributed by atoms with E-state index in [0.717, 1.165) is 0 Å². The minimum Gasteiger partial charge on any atom is -0.467 e. The normalized spacial score (nSPS) is 11.0. The number of likely N-dealkylation sites (N-methyl/N-ethyl adjacent to an activating group) is 1. The van der Waals surface area contributed by atoms with Crippen LogP contribution in [0.1, 0.15) is 26.9 Å².